The van der Waals surface area contributed by atoms with Gasteiger partial charge in [-0.3, -0.25) is 9.46 Å². The molecule has 0 bridgehead atoms. The van der Waals surface area contributed by atoms with Crippen molar-refractivity contribution in [3.05, 3.63) is 162 Å². The van der Waals surface area contributed by atoms with Crippen LogP contribution in [-0.2, 0) is 28.9 Å². The first-order valence-corrected chi connectivity index (χ1v) is 18.7. The fourth-order valence-electron chi connectivity index (χ4n) is 6.67. The quantitative estimate of drug-likeness (QED) is 0.0658. The molecule has 9 nitrogen and oxygen atoms in total. The fourth-order valence-corrected chi connectivity index (χ4v) is 8.33. The average Bonchev–Trinajstić information content (AvgIpc) is 3.81. The van der Waals surface area contributed by atoms with Crippen LogP contribution in [0.3, 0.4) is 0 Å². The summed E-state index contributed by atoms with van der Waals surface area (Å²) in [5.74, 6) is 1.82. The molecule has 0 N–H and O–H groups in total. The third-order valence-electron chi connectivity index (χ3n) is 9.41. The van der Waals surface area contributed by atoms with Crippen molar-refractivity contribution < 1.29 is 37.5 Å². The van der Waals surface area contributed by atoms with Crippen LogP contribution in [0.25, 0.3) is 0 Å². The molecular formula is C42H41BNO8P. The Morgan fingerprint density at radius 3 is 1.89 bits per heavy atom. The number of carbonyl (C=O) groups excluding carboxylic acids is 1. The van der Waals surface area contributed by atoms with Gasteiger partial charge in [-0.1, -0.05) is 103 Å². The lowest BCUT2D eigenvalue weighted by Gasteiger charge is -2.37. The monoisotopic (exact) mass is 729 g/mol. The molecular weight excluding hydrogens is 688 g/mol. The molecule has 5 aromatic rings. The van der Waals surface area contributed by atoms with Gasteiger partial charge in [0.15, 0.2) is 6.61 Å². The van der Waals surface area contributed by atoms with Crippen molar-refractivity contribution in [1.82, 2.24) is 4.67 Å². The van der Waals surface area contributed by atoms with E-state index in [4.69, 9.17) is 40.6 Å². The molecule has 0 spiro atoms. The minimum Gasteiger partial charge on any atom is -0.497 e. The van der Waals surface area contributed by atoms with Crippen LogP contribution in [0.1, 0.15) is 34.8 Å². The number of carbonyl (C=O) groups is 1. The van der Waals surface area contributed by atoms with Crippen molar-refractivity contribution in [3.63, 3.8) is 0 Å². The zero-order chi connectivity index (χ0) is 36.6. The average molecular weight is 730 g/mol. The highest BCUT2D eigenvalue weighted by molar-refractivity contribution is 7.45. The standard InChI is InChI=1S/C42H41BNO8P/c1-46-34-22-18-32(19-23-34)42(31-14-8-4-9-15-31,33-20-24-35(47-2)25-21-33)49-28-39-37(26-40(43)50-39)51-53-44(27-38(52-53)30-12-6-3-7-13-30)41(45)29-48-36-16-10-5-11-17-36/h3-25,37-40H,26-29H2,1-2H3. The summed E-state index contributed by atoms with van der Waals surface area (Å²) in [5, 5.41) is 0. The normalized spacial score (nSPS) is 21.3. The molecule has 2 saturated heterocycles. The molecule has 2 fully saturated rings. The maximum atomic E-state index is 13.7. The van der Waals surface area contributed by atoms with E-state index in [9.17, 15) is 4.79 Å². The highest BCUT2D eigenvalue weighted by Crippen LogP contribution is 2.56. The molecule has 0 aliphatic carbocycles. The third-order valence-corrected chi connectivity index (χ3v) is 11.1. The SMILES string of the molecule is [B]C1CC(OP2OC(c3ccccc3)CN2C(=O)COc2ccccc2)C(COC(c2ccccc2)(c2ccc(OC)cc2)c2ccc(OC)cc2)O1. The Morgan fingerprint density at radius 1 is 0.755 bits per heavy atom. The summed E-state index contributed by atoms with van der Waals surface area (Å²) in [6.45, 7) is 0.273. The molecule has 7 rings (SSSR count). The van der Waals surface area contributed by atoms with E-state index in [0.717, 1.165) is 33.8 Å². The lowest BCUT2D eigenvalue weighted by atomic mass is 9.80. The topological polar surface area (TPSA) is 84.9 Å². The Hall–Kier alpha value is -4.70. The van der Waals surface area contributed by atoms with E-state index >= 15 is 0 Å². The molecule has 2 aliphatic heterocycles. The van der Waals surface area contributed by atoms with Gasteiger partial charge in [0.2, 0.25) is 0 Å². The zero-order valence-electron chi connectivity index (χ0n) is 29.7. The first kappa shape index (κ1) is 36.7. The molecule has 0 aromatic heterocycles. The number of nitrogens with zero attached hydrogens (tertiary/aromatic N) is 1. The lowest BCUT2D eigenvalue weighted by molar-refractivity contribution is -0.128. The van der Waals surface area contributed by atoms with Crippen molar-refractivity contribution in [2.75, 3.05) is 34.0 Å². The van der Waals surface area contributed by atoms with Crippen LogP contribution < -0.4 is 14.2 Å². The smallest absolute Gasteiger partial charge is 0.293 e. The summed E-state index contributed by atoms with van der Waals surface area (Å²) >= 11 is 0. The molecule has 1 amide bonds. The molecule has 53 heavy (non-hydrogen) atoms. The second-order valence-electron chi connectivity index (χ2n) is 12.7. The maximum Gasteiger partial charge on any atom is 0.293 e. The fraction of sp³-hybridized carbons (Fsp3) is 0.262. The van der Waals surface area contributed by atoms with Gasteiger partial charge >= 0.3 is 0 Å². The van der Waals surface area contributed by atoms with E-state index in [2.05, 4.69) is 0 Å². The summed E-state index contributed by atoms with van der Waals surface area (Å²) in [4.78, 5) is 13.7. The Kier molecular flexibility index (Phi) is 11.7. The van der Waals surface area contributed by atoms with Crippen molar-refractivity contribution in [3.8, 4) is 17.2 Å². The van der Waals surface area contributed by atoms with Crippen LogP contribution in [0.5, 0.6) is 17.2 Å². The predicted molar refractivity (Wildman–Crippen MR) is 203 cm³/mol. The molecule has 11 heteroatoms. The van der Waals surface area contributed by atoms with Gasteiger partial charge in [-0.05, 0) is 65.1 Å². The van der Waals surface area contributed by atoms with E-state index in [-0.39, 0.29) is 25.2 Å². The number of methoxy groups -OCH3 is 2. The number of hydrogen-bond acceptors (Lipinski definition) is 8. The van der Waals surface area contributed by atoms with Crippen molar-refractivity contribution >= 4 is 22.3 Å². The largest absolute Gasteiger partial charge is 0.497 e. The molecule has 5 aromatic carbocycles. The zero-order valence-corrected chi connectivity index (χ0v) is 30.5. The molecule has 2 heterocycles. The Balaban J connectivity index is 1.17. The van der Waals surface area contributed by atoms with Gasteiger partial charge in [0.25, 0.3) is 14.4 Å². The van der Waals surface area contributed by atoms with Crippen LogP contribution in [0.15, 0.2) is 140 Å². The van der Waals surface area contributed by atoms with Crippen LogP contribution in [0.2, 0.25) is 0 Å². The van der Waals surface area contributed by atoms with Crippen molar-refractivity contribution in [2.24, 2.45) is 0 Å². The molecule has 2 radical (unpaired) electrons. The third kappa shape index (κ3) is 8.28. The van der Waals surface area contributed by atoms with Gasteiger partial charge in [0.05, 0.1) is 33.5 Å². The van der Waals surface area contributed by atoms with E-state index in [0.29, 0.717) is 18.7 Å². The first-order valence-electron chi connectivity index (χ1n) is 17.5. The summed E-state index contributed by atoms with van der Waals surface area (Å²) < 4.78 is 45.1. The number of amides is 1. The summed E-state index contributed by atoms with van der Waals surface area (Å²) in [6, 6.07) is 44.2. The molecule has 5 atom stereocenters. The highest BCUT2D eigenvalue weighted by atomic mass is 31.2. The molecule has 2 aliphatic rings. The van der Waals surface area contributed by atoms with Crippen LogP contribution >= 0.6 is 8.53 Å². The van der Waals surface area contributed by atoms with Gasteiger partial charge in [0.1, 0.15) is 42.9 Å². The van der Waals surface area contributed by atoms with Gasteiger partial charge in [-0.15, -0.1) is 0 Å². The molecule has 5 unspecified atom stereocenters. The first-order chi connectivity index (χ1) is 26.0. The highest BCUT2D eigenvalue weighted by Gasteiger charge is 2.46. The van der Waals surface area contributed by atoms with E-state index < -0.39 is 32.3 Å². The Morgan fingerprint density at radius 2 is 1.30 bits per heavy atom. The second kappa shape index (κ2) is 17.0. The lowest BCUT2D eigenvalue weighted by Crippen LogP contribution is -2.38. The van der Waals surface area contributed by atoms with Crippen LogP contribution in [-0.4, -0.2) is 70.6 Å². The van der Waals surface area contributed by atoms with Gasteiger partial charge in [0, 0.05) is 6.00 Å². The second-order valence-corrected chi connectivity index (χ2v) is 14.1. The summed E-state index contributed by atoms with van der Waals surface area (Å²) in [7, 11) is 7.87. The molecule has 270 valence electrons. The maximum absolute atomic E-state index is 13.7. The summed E-state index contributed by atoms with van der Waals surface area (Å²) in [5.41, 5.74) is 2.58. The Labute approximate surface area is 313 Å². The van der Waals surface area contributed by atoms with E-state index in [1.165, 1.54) is 0 Å². The Bertz CT molecular complexity index is 1860. The predicted octanol–water partition coefficient (Wildman–Crippen LogP) is 7.59. The number of benzene rings is 5. The van der Waals surface area contributed by atoms with Crippen molar-refractivity contribution in [1.29, 1.82) is 0 Å². The number of hydrogen-bond donors (Lipinski definition) is 0. The van der Waals surface area contributed by atoms with Crippen LogP contribution in [0, 0.1) is 0 Å². The summed E-state index contributed by atoms with van der Waals surface area (Å²) in [6.07, 6.45) is -1.09. The van der Waals surface area contributed by atoms with E-state index in [1.807, 2.05) is 140 Å². The minimum absolute atomic E-state index is 0.113. The van der Waals surface area contributed by atoms with Crippen molar-refractivity contribution in [2.45, 2.75) is 36.3 Å². The van der Waals surface area contributed by atoms with Gasteiger partial charge < -0.3 is 32.7 Å². The number of para-hydroxylation sites is 1. The van der Waals surface area contributed by atoms with E-state index in [1.54, 1.807) is 18.9 Å². The van der Waals surface area contributed by atoms with Crippen LogP contribution in [0.4, 0.5) is 0 Å². The molecule has 0 saturated carbocycles. The number of ether oxygens (including phenoxy) is 5. The van der Waals surface area contributed by atoms with Gasteiger partial charge in [-0.2, -0.15) is 0 Å². The minimum atomic E-state index is -1.84. The van der Waals surface area contributed by atoms with Gasteiger partial charge in [-0.25, -0.2) is 0 Å². The number of rotatable bonds is 14.